The van der Waals surface area contributed by atoms with Crippen molar-refractivity contribution < 1.29 is 18.3 Å². The molecule has 2 N–H and O–H groups in total. The molecule has 0 atom stereocenters. The van der Waals surface area contributed by atoms with Gasteiger partial charge in [0.25, 0.3) is 0 Å². The summed E-state index contributed by atoms with van der Waals surface area (Å²) in [6.45, 7) is 0.604. The fraction of sp³-hybridized carbons (Fsp3) is 0.222. The predicted molar refractivity (Wildman–Crippen MR) is 107 cm³/mol. The lowest BCUT2D eigenvalue weighted by molar-refractivity contribution is 0.304. The Morgan fingerprint density at radius 3 is 2.78 bits per heavy atom. The third-order valence-corrected chi connectivity index (χ3v) is 5.54. The predicted octanol–water partition coefficient (Wildman–Crippen LogP) is 2.78. The highest BCUT2D eigenvalue weighted by Crippen LogP contribution is 2.32. The second-order valence-corrected chi connectivity index (χ2v) is 8.75. The molecule has 0 fully saturated rings. The van der Waals surface area contributed by atoms with Crippen molar-refractivity contribution in [2.24, 2.45) is 0 Å². The summed E-state index contributed by atoms with van der Waals surface area (Å²) in [6.07, 6.45) is 2.62. The maximum absolute atomic E-state index is 11.7. The molecule has 2 aromatic carbocycles. The largest absolute Gasteiger partial charge is 0.488 e. The summed E-state index contributed by atoms with van der Waals surface area (Å²) in [6, 6.07) is 10.3. The van der Waals surface area contributed by atoms with Gasteiger partial charge in [0, 0.05) is 24.3 Å². The van der Waals surface area contributed by atoms with Gasteiger partial charge in [0.1, 0.15) is 24.5 Å². The minimum absolute atomic E-state index is 0.000401. The summed E-state index contributed by atoms with van der Waals surface area (Å²) < 4.78 is 29.9. The van der Waals surface area contributed by atoms with E-state index in [4.69, 9.17) is 9.84 Å². The summed E-state index contributed by atoms with van der Waals surface area (Å²) in [5.74, 6) is 1.21. The van der Waals surface area contributed by atoms with Crippen molar-refractivity contribution in [2.45, 2.75) is 11.5 Å². The Hall–Kier alpha value is -2.23. The van der Waals surface area contributed by atoms with E-state index in [0.29, 0.717) is 23.6 Å². The highest BCUT2D eigenvalue weighted by Gasteiger charge is 2.11. The van der Waals surface area contributed by atoms with Gasteiger partial charge < -0.3 is 15.2 Å². The van der Waals surface area contributed by atoms with Gasteiger partial charge in [-0.1, -0.05) is 12.1 Å². The van der Waals surface area contributed by atoms with Crippen molar-refractivity contribution in [2.75, 3.05) is 24.7 Å². The minimum atomic E-state index is -3.26. The number of sulfone groups is 1. The van der Waals surface area contributed by atoms with Crippen LogP contribution in [0.2, 0.25) is 0 Å². The van der Waals surface area contributed by atoms with Crippen LogP contribution in [0.3, 0.4) is 0 Å². The third kappa shape index (κ3) is 4.74. The maximum atomic E-state index is 11.7. The summed E-state index contributed by atoms with van der Waals surface area (Å²) in [4.78, 5) is 8.71. The van der Waals surface area contributed by atoms with E-state index in [1.54, 1.807) is 24.3 Å². The summed E-state index contributed by atoms with van der Waals surface area (Å²) in [5.41, 5.74) is 1.44. The number of anilines is 1. The van der Waals surface area contributed by atoms with Gasteiger partial charge in [0.15, 0.2) is 9.84 Å². The first-order valence-electron chi connectivity index (χ1n) is 8.09. The second-order valence-electron chi connectivity index (χ2n) is 5.88. The van der Waals surface area contributed by atoms with Crippen molar-refractivity contribution >= 4 is 42.5 Å². The van der Waals surface area contributed by atoms with Crippen LogP contribution in [0.1, 0.15) is 5.56 Å². The van der Waals surface area contributed by atoms with Crippen LogP contribution in [0, 0.1) is 0 Å². The number of ether oxygens (including phenoxy) is 1. The average Bonchev–Trinajstić information content (AvgIpc) is 2.64. The van der Waals surface area contributed by atoms with Crippen LogP contribution in [0.5, 0.6) is 5.75 Å². The van der Waals surface area contributed by atoms with Crippen molar-refractivity contribution in [3.8, 4) is 5.75 Å². The fourth-order valence-electron chi connectivity index (χ4n) is 2.51. The lowest BCUT2D eigenvalue weighted by Gasteiger charge is -2.12. The lowest BCUT2D eigenvalue weighted by Crippen LogP contribution is -2.07. The van der Waals surface area contributed by atoms with Gasteiger partial charge in [-0.2, -0.15) is 0 Å². The van der Waals surface area contributed by atoms with Crippen LogP contribution < -0.4 is 10.1 Å². The smallest absolute Gasteiger partial charge is 0.175 e. The van der Waals surface area contributed by atoms with E-state index in [1.165, 1.54) is 12.6 Å². The van der Waals surface area contributed by atoms with Crippen LogP contribution in [-0.2, 0) is 16.4 Å². The Morgan fingerprint density at radius 1 is 1.22 bits per heavy atom. The number of rotatable bonds is 7. The van der Waals surface area contributed by atoms with E-state index in [2.05, 4.69) is 31.2 Å². The monoisotopic (exact) mass is 451 g/mol. The normalized spacial score (nSPS) is 11.5. The zero-order chi connectivity index (χ0) is 19.4. The maximum Gasteiger partial charge on any atom is 0.175 e. The SMILES string of the molecule is CS(=O)(=O)c1cccc(COc2cc3ncnc(NCCO)c3cc2Br)c1. The molecule has 1 heterocycles. The van der Waals surface area contributed by atoms with Crippen molar-refractivity contribution in [1.82, 2.24) is 9.97 Å². The summed E-state index contributed by atoms with van der Waals surface area (Å²) in [7, 11) is -3.26. The Bertz CT molecular complexity index is 1070. The molecular formula is C18H18BrN3O4S. The molecule has 0 spiro atoms. The highest BCUT2D eigenvalue weighted by molar-refractivity contribution is 9.10. The van der Waals surface area contributed by atoms with E-state index in [9.17, 15) is 8.42 Å². The topological polar surface area (TPSA) is 101 Å². The average molecular weight is 452 g/mol. The van der Waals surface area contributed by atoms with Crippen LogP contribution in [0.4, 0.5) is 5.82 Å². The van der Waals surface area contributed by atoms with Crippen LogP contribution in [0.25, 0.3) is 10.9 Å². The van der Waals surface area contributed by atoms with Crippen molar-refractivity contribution in [3.05, 3.63) is 52.8 Å². The Labute approximate surface area is 165 Å². The second kappa shape index (κ2) is 8.20. The molecule has 3 aromatic rings. The molecule has 3 rings (SSSR count). The first kappa shape index (κ1) is 19.5. The standard InChI is InChI=1S/C18H18BrN3O4S/c1-27(24,25)13-4-2-3-12(7-13)10-26-17-9-16-14(8-15(17)19)18(20-5-6-23)22-11-21-16/h2-4,7-9,11,23H,5-6,10H2,1H3,(H,20,21,22). The number of hydrogen-bond donors (Lipinski definition) is 2. The number of halogens is 1. The van der Waals surface area contributed by atoms with Gasteiger partial charge >= 0.3 is 0 Å². The zero-order valence-corrected chi connectivity index (χ0v) is 16.9. The van der Waals surface area contributed by atoms with E-state index >= 15 is 0 Å². The van der Waals surface area contributed by atoms with E-state index < -0.39 is 9.84 Å². The quantitative estimate of drug-likeness (QED) is 0.569. The first-order valence-corrected chi connectivity index (χ1v) is 10.8. The molecule has 0 radical (unpaired) electrons. The molecule has 0 aliphatic rings. The number of aliphatic hydroxyl groups is 1. The molecule has 0 saturated heterocycles. The van der Waals surface area contributed by atoms with Crippen molar-refractivity contribution in [1.29, 1.82) is 0 Å². The number of aromatic nitrogens is 2. The van der Waals surface area contributed by atoms with Gasteiger partial charge in [-0.15, -0.1) is 0 Å². The number of aliphatic hydroxyl groups excluding tert-OH is 1. The van der Waals surface area contributed by atoms with Crippen LogP contribution >= 0.6 is 15.9 Å². The number of hydrogen-bond acceptors (Lipinski definition) is 7. The fourth-order valence-corrected chi connectivity index (χ4v) is 3.66. The van der Waals surface area contributed by atoms with Gasteiger partial charge in [-0.3, -0.25) is 0 Å². The van der Waals surface area contributed by atoms with Gasteiger partial charge in [0.2, 0.25) is 0 Å². The van der Waals surface area contributed by atoms with E-state index in [1.807, 2.05) is 12.1 Å². The molecule has 1 aromatic heterocycles. The van der Waals surface area contributed by atoms with Gasteiger partial charge in [-0.25, -0.2) is 18.4 Å². The molecule has 0 aliphatic heterocycles. The molecular weight excluding hydrogens is 434 g/mol. The molecule has 7 nitrogen and oxygen atoms in total. The molecule has 0 bridgehead atoms. The number of nitrogens with zero attached hydrogens (tertiary/aromatic N) is 2. The Kier molecular flexibility index (Phi) is 5.93. The Balaban J connectivity index is 1.85. The van der Waals surface area contributed by atoms with E-state index in [0.717, 1.165) is 15.4 Å². The third-order valence-electron chi connectivity index (χ3n) is 3.81. The number of benzene rings is 2. The molecule has 142 valence electrons. The zero-order valence-electron chi connectivity index (χ0n) is 14.5. The summed E-state index contributed by atoms with van der Waals surface area (Å²) >= 11 is 3.49. The summed E-state index contributed by atoms with van der Waals surface area (Å²) in [5, 5.41) is 12.8. The van der Waals surface area contributed by atoms with E-state index in [-0.39, 0.29) is 18.1 Å². The van der Waals surface area contributed by atoms with Crippen LogP contribution in [-0.4, -0.2) is 42.9 Å². The Morgan fingerprint density at radius 2 is 2.04 bits per heavy atom. The molecule has 0 aliphatic carbocycles. The highest BCUT2D eigenvalue weighted by atomic mass is 79.9. The number of fused-ring (bicyclic) bond motifs is 1. The van der Waals surface area contributed by atoms with Crippen molar-refractivity contribution in [3.63, 3.8) is 0 Å². The van der Waals surface area contributed by atoms with Gasteiger partial charge in [-0.05, 0) is 39.7 Å². The lowest BCUT2D eigenvalue weighted by atomic mass is 10.2. The minimum Gasteiger partial charge on any atom is -0.488 e. The number of nitrogens with one attached hydrogen (secondary N) is 1. The first-order chi connectivity index (χ1) is 12.9. The molecule has 9 heteroatoms. The van der Waals surface area contributed by atoms with Gasteiger partial charge in [0.05, 0.1) is 21.5 Å². The molecule has 27 heavy (non-hydrogen) atoms. The molecule has 0 amide bonds. The van der Waals surface area contributed by atoms with Crippen LogP contribution in [0.15, 0.2) is 52.1 Å². The molecule has 0 saturated carbocycles. The molecule has 0 unspecified atom stereocenters.